The fourth-order valence-corrected chi connectivity index (χ4v) is 2.54. The van der Waals surface area contributed by atoms with Crippen molar-refractivity contribution in [1.29, 1.82) is 0 Å². The molecule has 1 aliphatic heterocycles. The van der Waals surface area contributed by atoms with E-state index in [9.17, 15) is 9.90 Å². The lowest BCUT2D eigenvalue weighted by molar-refractivity contribution is 0.0697. The van der Waals surface area contributed by atoms with Gasteiger partial charge >= 0.3 is 5.97 Å². The molecule has 0 aliphatic carbocycles. The number of carbonyl (C=O) groups is 1. The molecule has 0 amide bonds. The molecule has 0 unspecified atom stereocenters. The van der Waals surface area contributed by atoms with Crippen molar-refractivity contribution in [2.45, 2.75) is 0 Å². The van der Waals surface area contributed by atoms with Crippen molar-refractivity contribution in [3.63, 3.8) is 0 Å². The van der Waals surface area contributed by atoms with Gasteiger partial charge in [-0.1, -0.05) is 30.3 Å². The maximum absolute atomic E-state index is 11.6. The van der Waals surface area contributed by atoms with Crippen molar-refractivity contribution in [2.24, 2.45) is 0 Å². The van der Waals surface area contributed by atoms with Gasteiger partial charge in [-0.05, 0) is 12.1 Å². The quantitative estimate of drug-likeness (QED) is 0.785. The van der Waals surface area contributed by atoms with E-state index in [-0.39, 0.29) is 12.4 Å². The molecule has 4 rings (SSSR count). The summed E-state index contributed by atoms with van der Waals surface area (Å²) in [5, 5.41) is 10.2. The number of rotatable bonds is 2. The highest BCUT2D eigenvalue weighted by Gasteiger charge is 2.19. The van der Waals surface area contributed by atoms with E-state index in [1.54, 1.807) is 18.2 Å². The Bertz CT molecular complexity index is 890. The molecule has 3 aromatic rings. The summed E-state index contributed by atoms with van der Waals surface area (Å²) in [5.74, 6) is 0.228. The Morgan fingerprint density at radius 1 is 1.05 bits per heavy atom. The topological polar surface area (TPSA) is 68.7 Å². The molecule has 1 aromatic heterocycles. The van der Waals surface area contributed by atoms with Crippen LogP contribution >= 0.6 is 0 Å². The highest BCUT2D eigenvalue weighted by molar-refractivity contribution is 6.00. The molecular weight excluding hydrogens is 282 g/mol. The van der Waals surface area contributed by atoms with Gasteiger partial charge in [0.1, 0.15) is 0 Å². The largest absolute Gasteiger partial charge is 0.478 e. The number of carboxylic acids is 1. The smallest absolute Gasteiger partial charge is 0.337 e. The molecule has 5 nitrogen and oxygen atoms in total. The lowest BCUT2D eigenvalue weighted by Gasteiger charge is -2.08. The number of hydrogen-bond acceptors (Lipinski definition) is 4. The van der Waals surface area contributed by atoms with Gasteiger partial charge < -0.3 is 14.6 Å². The van der Waals surface area contributed by atoms with Gasteiger partial charge in [0.15, 0.2) is 11.5 Å². The van der Waals surface area contributed by atoms with Gasteiger partial charge in [-0.15, -0.1) is 0 Å². The first kappa shape index (κ1) is 12.6. The Hall–Kier alpha value is -3.08. The number of ether oxygens (including phenoxy) is 2. The molecule has 0 bridgehead atoms. The van der Waals surface area contributed by atoms with Crippen LogP contribution in [0.15, 0.2) is 48.5 Å². The highest BCUT2D eigenvalue weighted by Crippen LogP contribution is 2.37. The number of benzene rings is 2. The summed E-state index contributed by atoms with van der Waals surface area (Å²) in [6.45, 7) is 0.170. The fourth-order valence-electron chi connectivity index (χ4n) is 2.54. The lowest BCUT2D eigenvalue weighted by Crippen LogP contribution is -2.02. The van der Waals surface area contributed by atoms with Crippen LogP contribution in [0.3, 0.4) is 0 Å². The number of nitrogens with zero attached hydrogens (tertiary/aromatic N) is 1. The molecule has 0 radical (unpaired) electrons. The minimum absolute atomic E-state index is 0.164. The summed E-state index contributed by atoms with van der Waals surface area (Å²) in [7, 11) is 0. The molecule has 0 saturated carbocycles. The Labute approximate surface area is 125 Å². The summed E-state index contributed by atoms with van der Waals surface area (Å²) in [6, 6.07) is 14.4. The molecule has 1 aliphatic rings. The molecule has 1 N–H and O–H groups in total. The monoisotopic (exact) mass is 293 g/mol. The summed E-state index contributed by atoms with van der Waals surface area (Å²) in [4.78, 5) is 16.1. The average Bonchev–Trinajstić information content (AvgIpc) is 2.99. The zero-order valence-electron chi connectivity index (χ0n) is 11.4. The normalized spacial score (nSPS) is 12.5. The maximum Gasteiger partial charge on any atom is 0.337 e. The van der Waals surface area contributed by atoms with E-state index < -0.39 is 5.97 Å². The first-order valence-corrected chi connectivity index (χ1v) is 6.75. The molecule has 108 valence electrons. The maximum atomic E-state index is 11.6. The number of hydrogen-bond donors (Lipinski definition) is 1. The van der Waals surface area contributed by atoms with Gasteiger partial charge in [0.25, 0.3) is 0 Å². The number of aromatic carboxylic acids is 1. The van der Waals surface area contributed by atoms with E-state index in [4.69, 9.17) is 9.47 Å². The SMILES string of the molecule is O=C(O)c1cc2cc3c(cc2nc1-c1ccccc1)OCO3. The van der Waals surface area contributed by atoms with E-state index in [0.29, 0.717) is 28.1 Å². The van der Waals surface area contributed by atoms with E-state index in [1.165, 1.54) is 0 Å². The summed E-state index contributed by atoms with van der Waals surface area (Å²) in [5.41, 5.74) is 2.05. The molecular formula is C17H11NO4. The second-order valence-electron chi connectivity index (χ2n) is 4.95. The van der Waals surface area contributed by atoms with Crippen LogP contribution in [-0.2, 0) is 0 Å². The number of fused-ring (bicyclic) bond motifs is 2. The highest BCUT2D eigenvalue weighted by atomic mass is 16.7. The number of pyridine rings is 1. The fraction of sp³-hybridized carbons (Fsp3) is 0.0588. The molecule has 0 atom stereocenters. The van der Waals surface area contributed by atoms with Gasteiger partial charge in [-0.2, -0.15) is 0 Å². The molecule has 2 heterocycles. The van der Waals surface area contributed by atoms with Gasteiger partial charge in [0.05, 0.1) is 16.8 Å². The first-order chi connectivity index (χ1) is 10.7. The zero-order valence-corrected chi connectivity index (χ0v) is 11.4. The summed E-state index contributed by atoms with van der Waals surface area (Å²) >= 11 is 0. The standard InChI is InChI=1S/C17H11NO4/c19-17(20)12-6-11-7-14-15(22-9-21-14)8-13(11)18-16(12)10-4-2-1-3-5-10/h1-8H,9H2,(H,19,20). The third-order valence-corrected chi connectivity index (χ3v) is 3.59. The van der Waals surface area contributed by atoms with Crippen LogP contribution in [0.1, 0.15) is 10.4 Å². The minimum Gasteiger partial charge on any atom is -0.478 e. The summed E-state index contributed by atoms with van der Waals surface area (Å²) in [6.07, 6.45) is 0. The van der Waals surface area contributed by atoms with Crippen molar-refractivity contribution in [3.05, 3.63) is 54.1 Å². The van der Waals surface area contributed by atoms with E-state index in [1.807, 2.05) is 30.3 Å². The molecule has 5 heteroatoms. The molecule has 22 heavy (non-hydrogen) atoms. The van der Waals surface area contributed by atoms with Crippen molar-refractivity contribution in [1.82, 2.24) is 4.98 Å². The van der Waals surface area contributed by atoms with Crippen molar-refractivity contribution < 1.29 is 19.4 Å². The Balaban J connectivity index is 2.01. The van der Waals surface area contributed by atoms with Gasteiger partial charge in [-0.25, -0.2) is 9.78 Å². The van der Waals surface area contributed by atoms with Gasteiger partial charge in [0.2, 0.25) is 6.79 Å². The Morgan fingerprint density at radius 3 is 2.50 bits per heavy atom. The first-order valence-electron chi connectivity index (χ1n) is 6.75. The molecule has 0 fully saturated rings. The van der Waals surface area contributed by atoms with Crippen LogP contribution in [0.25, 0.3) is 22.2 Å². The van der Waals surface area contributed by atoms with Crippen molar-refractivity contribution in [2.75, 3.05) is 6.79 Å². The van der Waals surface area contributed by atoms with Crippen molar-refractivity contribution >= 4 is 16.9 Å². The Kier molecular flexibility index (Phi) is 2.72. The van der Waals surface area contributed by atoms with Crippen LogP contribution < -0.4 is 9.47 Å². The number of aromatic nitrogens is 1. The predicted octanol–water partition coefficient (Wildman–Crippen LogP) is 3.33. The van der Waals surface area contributed by atoms with Gasteiger partial charge in [-0.3, -0.25) is 0 Å². The predicted molar refractivity (Wildman–Crippen MR) is 80.3 cm³/mol. The van der Waals surface area contributed by atoms with Gasteiger partial charge in [0, 0.05) is 17.0 Å². The molecule has 2 aromatic carbocycles. The van der Waals surface area contributed by atoms with Crippen LogP contribution in [0.4, 0.5) is 0 Å². The van der Waals surface area contributed by atoms with Crippen LogP contribution in [-0.4, -0.2) is 22.9 Å². The molecule has 0 saturated heterocycles. The Morgan fingerprint density at radius 2 is 1.77 bits per heavy atom. The second kappa shape index (κ2) is 4.73. The second-order valence-corrected chi connectivity index (χ2v) is 4.95. The zero-order chi connectivity index (χ0) is 15.1. The number of carboxylic acid groups (broad SMARTS) is 1. The van der Waals surface area contributed by atoms with Crippen LogP contribution in [0.5, 0.6) is 11.5 Å². The van der Waals surface area contributed by atoms with Crippen LogP contribution in [0, 0.1) is 0 Å². The van der Waals surface area contributed by atoms with Crippen LogP contribution in [0.2, 0.25) is 0 Å². The van der Waals surface area contributed by atoms with E-state index in [0.717, 1.165) is 5.56 Å². The third-order valence-electron chi connectivity index (χ3n) is 3.59. The molecule has 0 spiro atoms. The minimum atomic E-state index is -1.01. The van der Waals surface area contributed by atoms with E-state index >= 15 is 0 Å². The lowest BCUT2D eigenvalue weighted by atomic mass is 10.0. The van der Waals surface area contributed by atoms with Crippen molar-refractivity contribution in [3.8, 4) is 22.8 Å². The summed E-state index contributed by atoms with van der Waals surface area (Å²) < 4.78 is 10.7. The average molecular weight is 293 g/mol. The third kappa shape index (κ3) is 1.95. The van der Waals surface area contributed by atoms with E-state index in [2.05, 4.69) is 4.98 Å².